The Hall–Kier alpha value is 0.470. The first kappa shape index (κ1) is 58.6. The van der Waals surface area contributed by atoms with Gasteiger partial charge in [0.2, 0.25) is 10.4 Å². The van der Waals surface area contributed by atoms with Crippen molar-refractivity contribution in [2.45, 2.75) is 175 Å². The zero-order chi connectivity index (χ0) is 41.2. The van der Waals surface area contributed by atoms with Gasteiger partial charge in [0.05, 0.1) is 128 Å². The second-order valence-electron chi connectivity index (χ2n) is 14.8. The van der Waals surface area contributed by atoms with Crippen molar-refractivity contribution in [3.05, 3.63) is 0 Å². The van der Waals surface area contributed by atoms with Gasteiger partial charge in [-0.3, -0.25) is 4.18 Å². The fourth-order valence-electron chi connectivity index (χ4n) is 5.03. The van der Waals surface area contributed by atoms with E-state index in [4.69, 9.17) is 47.4 Å². The van der Waals surface area contributed by atoms with E-state index in [0.717, 1.165) is 13.0 Å². The van der Waals surface area contributed by atoms with Crippen LogP contribution in [0.25, 0.3) is 0 Å². The van der Waals surface area contributed by atoms with E-state index >= 15 is 0 Å². The smallest absolute Gasteiger partial charge is 0.726 e. The second kappa shape index (κ2) is 39.6. The first-order valence-electron chi connectivity index (χ1n) is 20.9. The number of hydrogen-bond donors (Lipinski definition) is 0. The first-order valence-corrected chi connectivity index (χ1v) is 22.2. The molecule has 332 valence electrons. The van der Waals surface area contributed by atoms with Crippen LogP contribution in [0.2, 0.25) is 0 Å². The van der Waals surface area contributed by atoms with Crippen LogP contribution in [0.5, 0.6) is 0 Å². The van der Waals surface area contributed by atoms with Crippen molar-refractivity contribution < 1.29 is 94.1 Å². The monoisotopic (exact) mass is 841 g/mol. The summed E-state index contributed by atoms with van der Waals surface area (Å²) < 4.78 is 93.0. The molecule has 0 heterocycles. The minimum atomic E-state index is -4.70. The van der Waals surface area contributed by atoms with Gasteiger partial charge in [0.1, 0.15) is 0 Å². The molecule has 0 saturated carbocycles. The molecular formula is C40H81NaO14S. The standard InChI is InChI=1S/C40H82O14S.Na/c1-10-11-12-13-14-15-16-17-18-19-20-45-25-33(2)47-27-35(4)49-29-37(6)51-31-39(8)53-32-40(9)52-30-38(7)50-28-36(5)48-26-34(3)46-23-21-44-22-24-54-55(41,42)43;/h33-40H,10-32H2,1-9H3,(H,41,42,43);/q;+1/p-1. The predicted octanol–water partition coefficient (Wildman–Crippen LogP) is 3.66. The van der Waals surface area contributed by atoms with E-state index in [2.05, 4.69) is 11.1 Å². The van der Waals surface area contributed by atoms with Gasteiger partial charge in [-0.05, 0) is 61.8 Å². The topological polar surface area (TPSA) is 159 Å². The van der Waals surface area contributed by atoms with E-state index in [1.165, 1.54) is 57.8 Å². The third-order valence-electron chi connectivity index (χ3n) is 8.39. The van der Waals surface area contributed by atoms with Gasteiger partial charge in [-0.15, -0.1) is 0 Å². The van der Waals surface area contributed by atoms with Gasteiger partial charge in [0.25, 0.3) is 0 Å². The maximum Gasteiger partial charge on any atom is 1.00 e. The van der Waals surface area contributed by atoms with Gasteiger partial charge in [-0.25, -0.2) is 8.42 Å². The van der Waals surface area contributed by atoms with E-state index in [0.29, 0.717) is 59.5 Å². The number of ether oxygens (including phenoxy) is 10. The molecule has 0 amide bonds. The van der Waals surface area contributed by atoms with Crippen molar-refractivity contribution in [2.24, 2.45) is 0 Å². The molecule has 0 aromatic carbocycles. The normalized spacial score (nSPS) is 16.5. The van der Waals surface area contributed by atoms with Gasteiger partial charge < -0.3 is 51.9 Å². The Labute approximate surface area is 363 Å². The zero-order valence-corrected chi connectivity index (χ0v) is 39.8. The van der Waals surface area contributed by atoms with Crippen molar-refractivity contribution in [1.29, 1.82) is 0 Å². The van der Waals surface area contributed by atoms with Gasteiger partial charge in [-0.1, -0.05) is 64.7 Å². The molecule has 0 fully saturated rings. The zero-order valence-electron chi connectivity index (χ0n) is 37.0. The average Bonchev–Trinajstić information content (AvgIpc) is 3.14. The molecular weight excluding hydrogens is 759 g/mol. The molecule has 0 aliphatic carbocycles. The summed E-state index contributed by atoms with van der Waals surface area (Å²) in [5.41, 5.74) is 0. The molecule has 0 spiro atoms. The molecule has 0 aromatic heterocycles. The van der Waals surface area contributed by atoms with Crippen LogP contribution >= 0.6 is 0 Å². The van der Waals surface area contributed by atoms with E-state index in [9.17, 15) is 13.0 Å². The van der Waals surface area contributed by atoms with Crippen molar-refractivity contribution >= 4 is 10.4 Å². The third kappa shape index (κ3) is 42.6. The molecule has 0 aliphatic rings. The van der Waals surface area contributed by atoms with Crippen molar-refractivity contribution in [3.8, 4) is 0 Å². The van der Waals surface area contributed by atoms with Crippen LogP contribution in [-0.4, -0.2) is 148 Å². The van der Waals surface area contributed by atoms with Crippen molar-refractivity contribution in [2.75, 3.05) is 85.9 Å². The van der Waals surface area contributed by atoms with Crippen molar-refractivity contribution in [1.82, 2.24) is 0 Å². The molecule has 0 saturated heterocycles. The minimum Gasteiger partial charge on any atom is -0.726 e. The molecule has 14 nitrogen and oxygen atoms in total. The maximum atomic E-state index is 10.4. The molecule has 0 aromatic rings. The van der Waals surface area contributed by atoms with Gasteiger partial charge in [0.15, 0.2) is 0 Å². The van der Waals surface area contributed by atoms with E-state index < -0.39 is 10.4 Å². The van der Waals surface area contributed by atoms with Crippen LogP contribution in [0.4, 0.5) is 0 Å². The summed E-state index contributed by atoms with van der Waals surface area (Å²) in [7, 11) is -4.70. The Bertz CT molecular complexity index is 937. The molecule has 16 heteroatoms. The summed E-state index contributed by atoms with van der Waals surface area (Å²) in [6.45, 7) is 22.7. The minimum absolute atomic E-state index is 0. The fourth-order valence-corrected chi connectivity index (χ4v) is 5.30. The largest absolute Gasteiger partial charge is 1.00 e. The Morgan fingerprint density at radius 3 is 1.04 bits per heavy atom. The summed E-state index contributed by atoms with van der Waals surface area (Å²) in [5, 5.41) is 0. The summed E-state index contributed by atoms with van der Waals surface area (Å²) in [6.07, 6.45) is 12.5. The molecule has 0 aliphatic heterocycles. The number of unbranched alkanes of at least 4 members (excludes halogenated alkanes) is 9. The van der Waals surface area contributed by atoms with Gasteiger partial charge in [0, 0.05) is 6.61 Å². The molecule has 0 rings (SSSR count). The predicted molar refractivity (Wildman–Crippen MR) is 212 cm³/mol. The SMILES string of the molecule is CCCCCCCCCCCCOCC(C)OCC(C)OCC(C)OCC(C)OCC(C)OCC(C)OCC(C)OCC(C)OCCOCCOS(=O)(=O)[O-].[Na+]. The Morgan fingerprint density at radius 2 is 0.679 bits per heavy atom. The first-order chi connectivity index (χ1) is 26.2. The Kier molecular flexibility index (Phi) is 41.4. The van der Waals surface area contributed by atoms with Crippen LogP contribution < -0.4 is 29.6 Å². The molecule has 0 N–H and O–H groups in total. The van der Waals surface area contributed by atoms with Crippen LogP contribution in [0.1, 0.15) is 127 Å². The van der Waals surface area contributed by atoms with E-state index in [-0.39, 0.29) is 98.2 Å². The maximum absolute atomic E-state index is 10.4. The van der Waals surface area contributed by atoms with Crippen LogP contribution in [0, 0.1) is 0 Å². The fraction of sp³-hybridized carbons (Fsp3) is 1.00. The van der Waals surface area contributed by atoms with Crippen LogP contribution in [0.3, 0.4) is 0 Å². The molecule has 8 unspecified atom stereocenters. The quantitative estimate of drug-likeness (QED) is 0.0380. The summed E-state index contributed by atoms with van der Waals surface area (Å²) in [6, 6.07) is 0. The number of rotatable bonds is 42. The second-order valence-corrected chi connectivity index (χ2v) is 15.8. The van der Waals surface area contributed by atoms with E-state index in [1.807, 2.05) is 55.4 Å². The van der Waals surface area contributed by atoms with Crippen LogP contribution in [0.15, 0.2) is 0 Å². The Balaban J connectivity index is 0. The molecule has 0 bridgehead atoms. The summed E-state index contributed by atoms with van der Waals surface area (Å²) >= 11 is 0. The molecule has 0 radical (unpaired) electrons. The van der Waals surface area contributed by atoms with Gasteiger partial charge >= 0.3 is 29.6 Å². The molecule has 56 heavy (non-hydrogen) atoms. The van der Waals surface area contributed by atoms with Crippen LogP contribution in [-0.2, 0) is 62.0 Å². The third-order valence-corrected chi connectivity index (χ3v) is 8.84. The average molecular weight is 841 g/mol. The number of hydrogen-bond acceptors (Lipinski definition) is 14. The van der Waals surface area contributed by atoms with Gasteiger partial charge in [-0.2, -0.15) is 0 Å². The van der Waals surface area contributed by atoms with E-state index in [1.54, 1.807) is 0 Å². The molecule has 8 atom stereocenters. The summed E-state index contributed by atoms with van der Waals surface area (Å²) in [4.78, 5) is 0. The Morgan fingerprint density at radius 1 is 0.375 bits per heavy atom. The van der Waals surface area contributed by atoms with Crippen molar-refractivity contribution in [3.63, 3.8) is 0 Å². The summed E-state index contributed by atoms with van der Waals surface area (Å²) in [5.74, 6) is 0.